The van der Waals surface area contributed by atoms with Gasteiger partial charge >= 0.3 is 0 Å². The topological polar surface area (TPSA) is 42.4 Å². The van der Waals surface area contributed by atoms with E-state index in [9.17, 15) is 5.11 Å². The van der Waals surface area contributed by atoms with Crippen LogP contribution in [0.1, 0.15) is 76.8 Å². The van der Waals surface area contributed by atoms with E-state index in [1.54, 1.807) is 6.20 Å². The largest absolute Gasteiger partial charge is 0.391 e. The monoisotopic (exact) mass is 307 g/mol. The molecule has 1 atom stereocenters. The number of nitrogens with zero attached hydrogens (tertiary/aromatic N) is 1. The van der Waals surface area contributed by atoms with Gasteiger partial charge in [-0.3, -0.25) is 4.98 Å². The lowest BCUT2D eigenvalue weighted by Gasteiger charge is -2.11. The lowest BCUT2D eigenvalue weighted by atomic mass is 10.1. The van der Waals surface area contributed by atoms with Crippen LogP contribution >= 0.6 is 0 Å². The van der Waals surface area contributed by atoms with Crippen LogP contribution in [-0.4, -0.2) is 22.8 Å². The predicted octanol–water partition coefficient (Wildman–Crippen LogP) is 4.88. The average Bonchev–Trinajstić information content (AvgIpc) is 2.54. The Morgan fingerprint density at radius 1 is 1.00 bits per heavy atom. The van der Waals surface area contributed by atoms with Crippen molar-refractivity contribution in [3.63, 3.8) is 0 Å². The zero-order valence-electron chi connectivity index (χ0n) is 14.2. The van der Waals surface area contributed by atoms with Crippen LogP contribution < -0.4 is 0 Å². The van der Waals surface area contributed by atoms with Gasteiger partial charge in [-0.25, -0.2) is 0 Å². The van der Waals surface area contributed by atoms with Gasteiger partial charge in [0.05, 0.1) is 25.0 Å². The zero-order valence-corrected chi connectivity index (χ0v) is 14.2. The summed E-state index contributed by atoms with van der Waals surface area (Å²) < 4.78 is 5.50. The SMILES string of the molecule is CCCCCCCCCCCC(O)COCc1ccccn1. The fraction of sp³-hybridized carbons (Fsp3) is 0.737. The molecule has 0 saturated heterocycles. The van der Waals surface area contributed by atoms with Gasteiger partial charge in [-0.05, 0) is 18.6 Å². The quantitative estimate of drug-likeness (QED) is 0.498. The Bertz CT molecular complexity index is 343. The first-order valence-corrected chi connectivity index (χ1v) is 8.98. The second-order valence-electron chi connectivity index (χ2n) is 6.11. The van der Waals surface area contributed by atoms with E-state index in [1.807, 2.05) is 18.2 Å². The second-order valence-corrected chi connectivity index (χ2v) is 6.11. The molecular weight excluding hydrogens is 274 g/mol. The normalized spacial score (nSPS) is 12.5. The Morgan fingerprint density at radius 2 is 1.68 bits per heavy atom. The zero-order chi connectivity index (χ0) is 15.9. The maximum Gasteiger partial charge on any atom is 0.0889 e. The van der Waals surface area contributed by atoms with Crippen LogP contribution in [0.3, 0.4) is 0 Å². The lowest BCUT2D eigenvalue weighted by Crippen LogP contribution is -2.15. The number of aliphatic hydroxyl groups excluding tert-OH is 1. The molecule has 0 aliphatic heterocycles. The number of aromatic nitrogens is 1. The number of pyridine rings is 1. The van der Waals surface area contributed by atoms with E-state index in [1.165, 1.54) is 51.4 Å². The van der Waals surface area contributed by atoms with Crippen molar-refractivity contribution in [2.24, 2.45) is 0 Å². The fourth-order valence-corrected chi connectivity index (χ4v) is 2.56. The van der Waals surface area contributed by atoms with Crippen molar-refractivity contribution in [1.29, 1.82) is 0 Å². The smallest absolute Gasteiger partial charge is 0.0889 e. The van der Waals surface area contributed by atoms with Crippen LogP contribution in [0.4, 0.5) is 0 Å². The summed E-state index contributed by atoms with van der Waals surface area (Å²) in [5, 5.41) is 9.88. The molecule has 0 amide bonds. The third kappa shape index (κ3) is 10.7. The number of aliphatic hydroxyl groups is 1. The van der Waals surface area contributed by atoms with Gasteiger partial charge < -0.3 is 9.84 Å². The third-order valence-corrected chi connectivity index (χ3v) is 3.93. The van der Waals surface area contributed by atoms with Crippen LogP contribution in [-0.2, 0) is 11.3 Å². The number of hydrogen-bond acceptors (Lipinski definition) is 3. The molecule has 1 N–H and O–H groups in total. The molecule has 126 valence electrons. The average molecular weight is 307 g/mol. The number of rotatable bonds is 14. The molecular formula is C19H33NO2. The Kier molecular flexibility index (Phi) is 11.9. The van der Waals surface area contributed by atoms with Gasteiger partial charge in [0.2, 0.25) is 0 Å². The molecule has 1 unspecified atom stereocenters. The molecule has 3 heteroatoms. The minimum absolute atomic E-state index is 0.340. The molecule has 0 aliphatic carbocycles. The number of ether oxygens (including phenoxy) is 1. The summed E-state index contributed by atoms with van der Waals surface area (Å²) in [6.45, 7) is 3.15. The summed E-state index contributed by atoms with van der Waals surface area (Å²) in [6.07, 6.45) is 14.1. The molecule has 0 aromatic carbocycles. The van der Waals surface area contributed by atoms with Gasteiger partial charge in [0.25, 0.3) is 0 Å². The molecule has 22 heavy (non-hydrogen) atoms. The van der Waals surface area contributed by atoms with Crippen LogP contribution in [0.5, 0.6) is 0 Å². The van der Waals surface area contributed by atoms with Crippen molar-refractivity contribution in [3.8, 4) is 0 Å². The maximum atomic E-state index is 9.88. The first-order chi connectivity index (χ1) is 10.8. The van der Waals surface area contributed by atoms with Crippen LogP contribution in [0, 0.1) is 0 Å². The fourth-order valence-electron chi connectivity index (χ4n) is 2.56. The van der Waals surface area contributed by atoms with Gasteiger partial charge in [-0.15, -0.1) is 0 Å². The Labute approximate surface area is 136 Å². The van der Waals surface area contributed by atoms with Crippen LogP contribution in [0.15, 0.2) is 24.4 Å². The summed E-state index contributed by atoms with van der Waals surface area (Å²) in [5.74, 6) is 0. The molecule has 1 aromatic heterocycles. The highest BCUT2D eigenvalue weighted by Gasteiger charge is 2.04. The van der Waals surface area contributed by atoms with Gasteiger partial charge in [0.1, 0.15) is 0 Å². The highest BCUT2D eigenvalue weighted by atomic mass is 16.5. The van der Waals surface area contributed by atoms with E-state index in [-0.39, 0.29) is 6.10 Å². The summed E-state index contributed by atoms with van der Waals surface area (Å²) in [5.41, 5.74) is 0.915. The molecule has 1 rings (SSSR count). The molecule has 0 saturated carbocycles. The van der Waals surface area contributed by atoms with E-state index in [0.29, 0.717) is 13.2 Å². The first kappa shape index (κ1) is 19.1. The maximum absolute atomic E-state index is 9.88. The van der Waals surface area contributed by atoms with E-state index in [4.69, 9.17) is 4.74 Å². The molecule has 0 radical (unpaired) electrons. The minimum atomic E-state index is -0.340. The lowest BCUT2D eigenvalue weighted by molar-refractivity contribution is 0.0222. The summed E-state index contributed by atoms with van der Waals surface area (Å²) >= 11 is 0. The predicted molar refractivity (Wildman–Crippen MR) is 91.7 cm³/mol. The highest BCUT2D eigenvalue weighted by Crippen LogP contribution is 2.11. The van der Waals surface area contributed by atoms with E-state index in [0.717, 1.165) is 18.5 Å². The molecule has 3 nitrogen and oxygen atoms in total. The van der Waals surface area contributed by atoms with E-state index >= 15 is 0 Å². The van der Waals surface area contributed by atoms with Crippen molar-refractivity contribution < 1.29 is 9.84 Å². The van der Waals surface area contributed by atoms with Crippen molar-refractivity contribution in [2.75, 3.05) is 6.61 Å². The number of unbranched alkanes of at least 4 members (excludes halogenated alkanes) is 8. The van der Waals surface area contributed by atoms with Crippen molar-refractivity contribution in [2.45, 2.75) is 83.8 Å². The Morgan fingerprint density at radius 3 is 2.32 bits per heavy atom. The molecule has 0 aliphatic rings. The second kappa shape index (κ2) is 13.7. The van der Waals surface area contributed by atoms with E-state index < -0.39 is 0 Å². The molecule has 0 spiro atoms. The molecule has 0 fully saturated rings. The summed E-state index contributed by atoms with van der Waals surface area (Å²) in [7, 11) is 0. The summed E-state index contributed by atoms with van der Waals surface area (Å²) in [6, 6.07) is 5.78. The third-order valence-electron chi connectivity index (χ3n) is 3.93. The Balaban J connectivity index is 1.86. The minimum Gasteiger partial charge on any atom is -0.391 e. The van der Waals surface area contributed by atoms with Gasteiger partial charge in [-0.2, -0.15) is 0 Å². The summed E-state index contributed by atoms with van der Waals surface area (Å²) in [4.78, 5) is 4.19. The standard InChI is InChI=1S/C19H33NO2/c1-2-3-4-5-6-7-8-9-10-14-19(21)17-22-16-18-13-11-12-15-20-18/h11-13,15,19,21H,2-10,14,16-17H2,1H3. The van der Waals surface area contributed by atoms with Crippen molar-refractivity contribution in [1.82, 2.24) is 4.98 Å². The van der Waals surface area contributed by atoms with Crippen molar-refractivity contribution >= 4 is 0 Å². The van der Waals surface area contributed by atoms with E-state index in [2.05, 4.69) is 11.9 Å². The van der Waals surface area contributed by atoms with Gasteiger partial charge in [0, 0.05) is 6.20 Å². The number of hydrogen-bond donors (Lipinski definition) is 1. The molecule has 0 bridgehead atoms. The van der Waals surface area contributed by atoms with Gasteiger partial charge in [0.15, 0.2) is 0 Å². The van der Waals surface area contributed by atoms with Gasteiger partial charge in [-0.1, -0.05) is 70.8 Å². The first-order valence-electron chi connectivity index (χ1n) is 8.98. The highest BCUT2D eigenvalue weighted by molar-refractivity contribution is 5.01. The van der Waals surface area contributed by atoms with Crippen molar-refractivity contribution in [3.05, 3.63) is 30.1 Å². The molecule has 1 aromatic rings. The van der Waals surface area contributed by atoms with Crippen LogP contribution in [0.2, 0.25) is 0 Å². The Hall–Kier alpha value is -0.930. The van der Waals surface area contributed by atoms with Crippen LogP contribution in [0.25, 0.3) is 0 Å². The molecule has 1 heterocycles.